The molecule has 0 saturated carbocycles. The Morgan fingerprint density at radius 1 is 0.951 bits per heavy atom. The first-order valence-corrected chi connectivity index (χ1v) is 13.2. The predicted molar refractivity (Wildman–Crippen MR) is 156 cm³/mol. The van der Waals surface area contributed by atoms with Crippen molar-refractivity contribution in [3.63, 3.8) is 0 Å². The van der Waals surface area contributed by atoms with Gasteiger partial charge in [-0.2, -0.15) is 5.10 Å². The van der Waals surface area contributed by atoms with Crippen LogP contribution in [0.2, 0.25) is 0 Å². The third kappa shape index (κ3) is 7.47. The van der Waals surface area contributed by atoms with Gasteiger partial charge in [0.2, 0.25) is 0 Å². The Bertz CT molecular complexity index is 1470. The lowest BCUT2D eigenvalue weighted by molar-refractivity contribution is -0.384. The van der Waals surface area contributed by atoms with E-state index in [1.807, 2.05) is 57.2 Å². The van der Waals surface area contributed by atoms with E-state index in [0.717, 1.165) is 11.1 Å². The molecule has 41 heavy (non-hydrogen) atoms. The highest BCUT2D eigenvalue weighted by Gasteiger charge is 2.34. The Hall–Kier alpha value is -4.73. The van der Waals surface area contributed by atoms with Gasteiger partial charge in [-0.05, 0) is 71.4 Å². The maximum Gasteiger partial charge on any atom is 0.412 e. The topological polar surface area (TPSA) is 123 Å². The Morgan fingerprint density at radius 3 is 2.20 bits per heavy atom. The maximum atomic E-state index is 13.6. The molecule has 0 aliphatic carbocycles. The first-order chi connectivity index (χ1) is 19.2. The summed E-state index contributed by atoms with van der Waals surface area (Å²) in [4.78, 5) is 36.7. The van der Waals surface area contributed by atoms with Crippen molar-refractivity contribution in [3.8, 4) is 5.75 Å². The molecule has 3 aromatic rings. The molecule has 1 aliphatic rings. The smallest absolute Gasteiger partial charge is 0.412 e. The van der Waals surface area contributed by atoms with Gasteiger partial charge in [-0.15, -0.1) is 0 Å². The van der Waals surface area contributed by atoms with Gasteiger partial charge in [0.1, 0.15) is 17.0 Å². The SMILES string of the molecule is CC(C)(C)OC(=O)Nc1ccc(C2=NN(C(=O)c3ccc([N+](=O)[O-])cc3)C(c3ccccc3)C2)cc1OC(C)(C)C. The second-order valence-corrected chi connectivity index (χ2v) is 11.7. The average molecular weight is 559 g/mol. The van der Waals surface area contributed by atoms with Crippen LogP contribution in [-0.2, 0) is 4.74 Å². The van der Waals surface area contributed by atoms with Gasteiger partial charge in [-0.25, -0.2) is 9.80 Å². The fourth-order valence-electron chi connectivity index (χ4n) is 4.30. The zero-order chi connectivity index (χ0) is 29.9. The molecule has 4 rings (SSSR count). The van der Waals surface area contributed by atoms with E-state index in [2.05, 4.69) is 5.32 Å². The molecule has 10 nitrogen and oxygen atoms in total. The molecule has 1 N–H and O–H groups in total. The largest absolute Gasteiger partial charge is 0.486 e. The summed E-state index contributed by atoms with van der Waals surface area (Å²) in [7, 11) is 0. The highest BCUT2D eigenvalue weighted by molar-refractivity contribution is 6.06. The zero-order valence-corrected chi connectivity index (χ0v) is 24.0. The van der Waals surface area contributed by atoms with E-state index in [-0.39, 0.29) is 23.2 Å². The van der Waals surface area contributed by atoms with Crippen molar-refractivity contribution in [1.29, 1.82) is 0 Å². The summed E-state index contributed by atoms with van der Waals surface area (Å²) in [6.07, 6.45) is -0.178. The van der Waals surface area contributed by atoms with Gasteiger partial charge in [0, 0.05) is 29.7 Å². The van der Waals surface area contributed by atoms with Crippen molar-refractivity contribution in [2.45, 2.75) is 65.2 Å². The Balaban J connectivity index is 1.70. The number of hydrogen-bond acceptors (Lipinski definition) is 7. The van der Waals surface area contributed by atoms with Crippen LogP contribution < -0.4 is 10.1 Å². The van der Waals surface area contributed by atoms with Gasteiger partial charge >= 0.3 is 6.09 Å². The molecular formula is C31H34N4O6. The molecule has 0 fully saturated rings. The van der Waals surface area contributed by atoms with Crippen LogP contribution in [0.3, 0.4) is 0 Å². The van der Waals surface area contributed by atoms with E-state index in [0.29, 0.717) is 23.6 Å². The summed E-state index contributed by atoms with van der Waals surface area (Å²) in [5, 5.41) is 20.0. The van der Waals surface area contributed by atoms with Crippen molar-refractivity contribution < 1.29 is 24.0 Å². The summed E-state index contributed by atoms with van der Waals surface area (Å²) >= 11 is 0. The van der Waals surface area contributed by atoms with Crippen molar-refractivity contribution in [2.75, 3.05) is 5.32 Å². The quantitative estimate of drug-likeness (QED) is 0.254. The molecule has 1 aliphatic heterocycles. The standard InChI is InChI=1S/C31H34N4O6/c1-30(2,3)40-27-18-22(14-17-24(27)32-29(37)41-31(4,5)6)25-19-26(20-10-8-7-9-11-20)34(33-25)28(36)21-12-15-23(16-13-21)35(38)39/h7-18,26H,19H2,1-6H3,(H,32,37). The Labute approximate surface area is 239 Å². The van der Waals surface area contributed by atoms with Crippen LogP contribution in [0.25, 0.3) is 0 Å². The normalized spacial score (nSPS) is 15.2. The molecule has 10 heteroatoms. The molecule has 0 saturated heterocycles. The van der Waals surface area contributed by atoms with E-state index in [1.165, 1.54) is 29.3 Å². The van der Waals surface area contributed by atoms with Crippen molar-refractivity contribution in [2.24, 2.45) is 5.10 Å². The minimum Gasteiger partial charge on any atom is -0.486 e. The highest BCUT2D eigenvalue weighted by Crippen LogP contribution is 2.37. The van der Waals surface area contributed by atoms with E-state index in [1.54, 1.807) is 32.9 Å². The van der Waals surface area contributed by atoms with E-state index in [4.69, 9.17) is 14.6 Å². The number of nitro groups is 1. The van der Waals surface area contributed by atoms with Gasteiger partial charge in [-0.1, -0.05) is 36.4 Å². The average Bonchev–Trinajstić information content (AvgIpc) is 3.33. The van der Waals surface area contributed by atoms with Crippen LogP contribution in [0.15, 0.2) is 77.9 Å². The zero-order valence-electron chi connectivity index (χ0n) is 24.0. The number of amides is 2. The fourth-order valence-corrected chi connectivity index (χ4v) is 4.30. The third-order valence-corrected chi connectivity index (χ3v) is 5.99. The number of non-ortho nitro benzene ring substituents is 1. The lowest BCUT2D eigenvalue weighted by Gasteiger charge is -2.25. The first-order valence-electron chi connectivity index (χ1n) is 13.2. The van der Waals surface area contributed by atoms with Gasteiger partial charge in [0.15, 0.2) is 0 Å². The summed E-state index contributed by atoms with van der Waals surface area (Å²) in [5.74, 6) is 0.0538. The van der Waals surface area contributed by atoms with E-state index in [9.17, 15) is 19.7 Å². The second kappa shape index (κ2) is 11.4. The van der Waals surface area contributed by atoms with Gasteiger partial charge in [-0.3, -0.25) is 20.2 Å². The number of hydrazone groups is 1. The number of hydrogen-bond donors (Lipinski definition) is 1. The van der Waals surface area contributed by atoms with Crippen LogP contribution in [0.4, 0.5) is 16.2 Å². The molecule has 0 radical (unpaired) electrons. The second-order valence-electron chi connectivity index (χ2n) is 11.7. The van der Waals surface area contributed by atoms with Gasteiger partial charge in [0.05, 0.1) is 22.4 Å². The van der Waals surface area contributed by atoms with E-state index < -0.39 is 22.2 Å². The summed E-state index contributed by atoms with van der Waals surface area (Å²) in [6, 6.07) is 20.0. The molecule has 3 aromatic carbocycles. The molecule has 1 unspecified atom stereocenters. The third-order valence-electron chi connectivity index (χ3n) is 5.99. The summed E-state index contributed by atoms with van der Waals surface area (Å²) in [5.41, 5.74) is 1.67. The maximum absolute atomic E-state index is 13.6. The molecule has 1 atom stereocenters. The number of rotatable bonds is 6. The van der Waals surface area contributed by atoms with Crippen molar-refractivity contribution >= 4 is 29.1 Å². The minimum absolute atomic E-state index is 0.0989. The number of carbonyl (C=O) groups is 2. The lowest BCUT2D eigenvalue weighted by Crippen LogP contribution is -2.28. The molecule has 1 heterocycles. The predicted octanol–water partition coefficient (Wildman–Crippen LogP) is 7.11. The van der Waals surface area contributed by atoms with Crippen molar-refractivity contribution in [3.05, 3.63) is 99.6 Å². The summed E-state index contributed by atoms with van der Waals surface area (Å²) < 4.78 is 11.6. The summed E-state index contributed by atoms with van der Waals surface area (Å²) in [6.45, 7) is 11.1. The Kier molecular flexibility index (Phi) is 8.14. The minimum atomic E-state index is -0.667. The van der Waals surface area contributed by atoms with Crippen LogP contribution >= 0.6 is 0 Å². The number of nitrogens with zero attached hydrogens (tertiary/aromatic N) is 3. The number of benzene rings is 3. The molecular weight excluding hydrogens is 524 g/mol. The van der Waals surface area contributed by atoms with Gasteiger partial charge in [0.25, 0.3) is 11.6 Å². The molecule has 0 spiro atoms. The van der Waals surface area contributed by atoms with Gasteiger partial charge < -0.3 is 9.47 Å². The van der Waals surface area contributed by atoms with Crippen LogP contribution in [-0.4, -0.2) is 38.8 Å². The molecule has 2 amide bonds. The number of anilines is 1. The van der Waals surface area contributed by atoms with E-state index >= 15 is 0 Å². The van der Waals surface area contributed by atoms with Crippen molar-refractivity contribution in [1.82, 2.24) is 5.01 Å². The first kappa shape index (κ1) is 29.3. The number of nitrogens with one attached hydrogen (secondary N) is 1. The number of nitro benzene ring substituents is 1. The Morgan fingerprint density at radius 2 is 1.61 bits per heavy atom. The molecule has 0 bridgehead atoms. The molecule has 214 valence electrons. The number of ether oxygens (including phenoxy) is 2. The highest BCUT2D eigenvalue weighted by atomic mass is 16.6. The van der Waals surface area contributed by atoms with Crippen LogP contribution in [0.1, 0.15) is 75.5 Å². The number of carbonyl (C=O) groups excluding carboxylic acids is 2. The monoisotopic (exact) mass is 558 g/mol. The van der Waals surface area contributed by atoms with Crippen LogP contribution in [0.5, 0.6) is 5.75 Å². The fraction of sp³-hybridized carbons (Fsp3) is 0.323. The lowest BCUT2D eigenvalue weighted by atomic mass is 9.97. The molecule has 0 aromatic heterocycles. The van der Waals surface area contributed by atoms with Crippen LogP contribution in [0, 0.1) is 10.1 Å².